The van der Waals surface area contributed by atoms with Crippen LogP contribution in [0.3, 0.4) is 0 Å². The number of aliphatic imine (C=N–C) groups is 1. The highest BCUT2D eigenvalue weighted by atomic mass is 127. The van der Waals surface area contributed by atoms with Crippen molar-refractivity contribution in [1.82, 2.24) is 15.1 Å². The maximum atomic E-state index is 12.0. The number of halogens is 1. The molecule has 0 saturated carbocycles. The van der Waals surface area contributed by atoms with E-state index < -0.39 is 0 Å². The summed E-state index contributed by atoms with van der Waals surface area (Å²) in [7, 11) is 1.46. The van der Waals surface area contributed by atoms with Crippen molar-refractivity contribution in [1.29, 1.82) is 0 Å². The van der Waals surface area contributed by atoms with Gasteiger partial charge in [0.2, 0.25) is 0 Å². The number of hydrogen-bond acceptors (Lipinski definition) is 4. The van der Waals surface area contributed by atoms with Crippen molar-refractivity contribution < 1.29 is 9.53 Å². The molecule has 162 valence electrons. The van der Waals surface area contributed by atoms with Gasteiger partial charge < -0.3 is 15.0 Å². The number of benzene rings is 1. The lowest BCUT2D eigenvalue weighted by Crippen LogP contribution is -2.40. The molecule has 1 aromatic rings. The Bertz CT molecular complexity index is 674. The van der Waals surface area contributed by atoms with Crippen LogP contribution < -0.4 is 5.32 Å². The number of methoxy groups -OCH3 is 1. The lowest BCUT2D eigenvalue weighted by atomic mass is 9.99. The maximum absolute atomic E-state index is 12.0. The van der Waals surface area contributed by atoms with Crippen molar-refractivity contribution in [2.24, 2.45) is 16.8 Å². The molecule has 2 unspecified atom stereocenters. The first-order valence-electron chi connectivity index (χ1n) is 10.5. The van der Waals surface area contributed by atoms with E-state index in [1.54, 1.807) is 0 Å². The summed E-state index contributed by atoms with van der Waals surface area (Å²) < 4.78 is 4.95. The zero-order chi connectivity index (χ0) is 19.9. The monoisotopic (exact) mass is 514 g/mol. The Morgan fingerprint density at radius 3 is 2.45 bits per heavy atom. The molecule has 2 aliphatic rings. The molecule has 2 heterocycles. The highest BCUT2D eigenvalue weighted by Gasteiger charge is 2.36. The second-order valence-electron chi connectivity index (χ2n) is 7.98. The molecule has 2 saturated heterocycles. The van der Waals surface area contributed by atoms with Gasteiger partial charge in [0.1, 0.15) is 0 Å². The molecule has 1 N–H and O–H groups in total. The Morgan fingerprint density at radius 1 is 1.17 bits per heavy atom. The summed E-state index contributed by atoms with van der Waals surface area (Å²) in [6.07, 6.45) is 2.65. The second-order valence-corrected chi connectivity index (χ2v) is 7.98. The summed E-state index contributed by atoms with van der Waals surface area (Å²) >= 11 is 0. The van der Waals surface area contributed by atoms with E-state index in [2.05, 4.69) is 53.2 Å². The zero-order valence-corrected chi connectivity index (χ0v) is 20.2. The van der Waals surface area contributed by atoms with E-state index in [0.29, 0.717) is 13.1 Å². The summed E-state index contributed by atoms with van der Waals surface area (Å²) in [5.41, 5.74) is 2.58. The van der Waals surface area contributed by atoms with Crippen molar-refractivity contribution in [3.05, 3.63) is 35.4 Å². The minimum Gasteiger partial charge on any atom is -0.469 e. The smallest absolute Gasteiger partial charge is 0.310 e. The van der Waals surface area contributed by atoms with E-state index in [1.807, 2.05) is 0 Å². The number of esters is 1. The largest absolute Gasteiger partial charge is 0.469 e. The molecule has 2 fully saturated rings. The fourth-order valence-corrected chi connectivity index (χ4v) is 4.14. The fraction of sp³-hybridized carbons (Fsp3) is 0.636. The molecule has 7 heteroatoms. The van der Waals surface area contributed by atoms with Crippen molar-refractivity contribution in [2.45, 2.75) is 39.8 Å². The number of carbonyl (C=O) groups is 1. The molecule has 0 radical (unpaired) electrons. The Kier molecular flexibility index (Phi) is 9.68. The van der Waals surface area contributed by atoms with Crippen LogP contribution >= 0.6 is 24.0 Å². The molecular weight excluding hydrogens is 479 g/mol. The Labute approximate surface area is 192 Å². The average molecular weight is 514 g/mol. The van der Waals surface area contributed by atoms with Crippen LogP contribution in [-0.4, -0.2) is 61.6 Å². The van der Waals surface area contributed by atoms with Gasteiger partial charge in [-0.15, -0.1) is 24.0 Å². The standard InChI is InChI=1S/C22H34N4O2.HI/c1-4-23-22(26-14-17(2)20(16-26)21(27)28-3)24-13-18-7-9-19(10-8-18)15-25-11-5-6-12-25;/h7-10,17,20H,4-6,11-16H2,1-3H3,(H,23,24);1H. The molecule has 0 amide bonds. The molecule has 0 bridgehead atoms. The van der Waals surface area contributed by atoms with Gasteiger partial charge in [0.05, 0.1) is 19.6 Å². The SMILES string of the molecule is CCNC(=NCc1ccc(CN2CCCC2)cc1)N1CC(C)C(C(=O)OC)C1.I. The number of guanidine groups is 1. The molecule has 29 heavy (non-hydrogen) atoms. The summed E-state index contributed by atoms with van der Waals surface area (Å²) in [6, 6.07) is 8.81. The van der Waals surface area contributed by atoms with Crippen LogP contribution in [0.1, 0.15) is 37.8 Å². The van der Waals surface area contributed by atoms with E-state index in [1.165, 1.54) is 44.2 Å². The molecule has 2 aliphatic heterocycles. The molecule has 0 aromatic heterocycles. The minimum atomic E-state index is -0.126. The van der Waals surface area contributed by atoms with Crippen LogP contribution in [0.5, 0.6) is 0 Å². The number of carbonyl (C=O) groups excluding carboxylic acids is 1. The average Bonchev–Trinajstić information content (AvgIpc) is 3.35. The second kappa shape index (κ2) is 11.7. The van der Waals surface area contributed by atoms with E-state index in [9.17, 15) is 4.79 Å². The van der Waals surface area contributed by atoms with Gasteiger partial charge in [0.25, 0.3) is 0 Å². The van der Waals surface area contributed by atoms with Gasteiger partial charge in [-0.2, -0.15) is 0 Å². The van der Waals surface area contributed by atoms with E-state index in [-0.39, 0.29) is 41.8 Å². The summed E-state index contributed by atoms with van der Waals surface area (Å²) in [4.78, 5) is 21.5. The van der Waals surface area contributed by atoms with Gasteiger partial charge in [0.15, 0.2) is 5.96 Å². The highest BCUT2D eigenvalue weighted by molar-refractivity contribution is 14.0. The first kappa shape index (κ1) is 23.9. The van der Waals surface area contributed by atoms with E-state index in [4.69, 9.17) is 9.73 Å². The van der Waals surface area contributed by atoms with Crippen molar-refractivity contribution in [3.63, 3.8) is 0 Å². The third-order valence-corrected chi connectivity index (χ3v) is 5.79. The van der Waals surface area contributed by atoms with Crippen LogP contribution in [0, 0.1) is 11.8 Å². The molecular formula is C22H35IN4O2. The van der Waals surface area contributed by atoms with Crippen molar-refractivity contribution in [3.8, 4) is 0 Å². The number of likely N-dealkylation sites (tertiary alicyclic amines) is 2. The lowest BCUT2D eigenvalue weighted by molar-refractivity contribution is -0.145. The topological polar surface area (TPSA) is 57.2 Å². The zero-order valence-electron chi connectivity index (χ0n) is 17.9. The van der Waals surface area contributed by atoms with Gasteiger partial charge in [-0.3, -0.25) is 9.69 Å². The van der Waals surface area contributed by atoms with Gasteiger partial charge >= 0.3 is 5.97 Å². The van der Waals surface area contributed by atoms with Gasteiger partial charge in [-0.25, -0.2) is 4.99 Å². The van der Waals surface area contributed by atoms with Crippen molar-refractivity contribution >= 4 is 35.9 Å². The molecule has 0 aliphatic carbocycles. The maximum Gasteiger partial charge on any atom is 0.310 e. The highest BCUT2D eigenvalue weighted by Crippen LogP contribution is 2.24. The number of hydrogen-bond donors (Lipinski definition) is 1. The number of nitrogens with zero attached hydrogens (tertiary/aromatic N) is 3. The van der Waals surface area contributed by atoms with E-state index in [0.717, 1.165) is 25.6 Å². The first-order valence-corrected chi connectivity index (χ1v) is 10.5. The van der Waals surface area contributed by atoms with Crippen LogP contribution in [-0.2, 0) is 22.6 Å². The summed E-state index contributed by atoms with van der Waals surface area (Å²) in [5.74, 6) is 0.932. The van der Waals surface area contributed by atoms with Crippen LogP contribution in [0.15, 0.2) is 29.3 Å². The van der Waals surface area contributed by atoms with Crippen LogP contribution in [0.2, 0.25) is 0 Å². The van der Waals surface area contributed by atoms with Crippen molar-refractivity contribution in [2.75, 3.05) is 39.8 Å². The molecule has 3 rings (SSSR count). The Morgan fingerprint density at radius 2 is 1.83 bits per heavy atom. The summed E-state index contributed by atoms with van der Waals surface area (Å²) in [5, 5.41) is 3.37. The number of rotatable bonds is 6. The minimum absolute atomic E-state index is 0. The predicted molar refractivity (Wildman–Crippen MR) is 127 cm³/mol. The Balaban J connectivity index is 0.00000300. The van der Waals surface area contributed by atoms with Crippen LogP contribution in [0.25, 0.3) is 0 Å². The fourth-order valence-electron chi connectivity index (χ4n) is 4.14. The molecule has 0 spiro atoms. The molecule has 6 nitrogen and oxygen atoms in total. The van der Waals surface area contributed by atoms with E-state index >= 15 is 0 Å². The third-order valence-electron chi connectivity index (χ3n) is 5.79. The van der Waals surface area contributed by atoms with Gasteiger partial charge in [-0.1, -0.05) is 31.2 Å². The Hall–Kier alpha value is -1.35. The predicted octanol–water partition coefficient (Wildman–Crippen LogP) is 3.11. The number of ether oxygens (including phenoxy) is 1. The summed E-state index contributed by atoms with van der Waals surface area (Å²) in [6.45, 7) is 10.6. The number of nitrogens with one attached hydrogen (secondary N) is 1. The van der Waals surface area contributed by atoms with Crippen LogP contribution in [0.4, 0.5) is 0 Å². The molecule has 1 aromatic carbocycles. The molecule has 2 atom stereocenters. The van der Waals surface area contributed by atoms with Gasteiger partial charge in [0, 0.05) is 26.2 Å². The van der Waals surface area contributed by atoms with Gasteiger partial charge in [-0.05, 0) is 49.9 Å². The third kappa shape index (κ3) is 6.57. The quantitative estimate of drug-likeness (QED) is 0.274. The normalized spacial score (nSPS) is 22.4. The first-order chi connectivity index (χ1) is 13.6. The lowest BCUT2D eigenvalue weighted by Gasteiger charge is -2.21.